The molecule has 140 valence electrons. The highest BCUT2D eigenvalue weighted by molar-refractivity contribution is 5.95. The first kappa shape index (κ1) is 18.8. The zero-order chi connectivity index (χ0) is 19.8. The molecule has 3 aromatic carbocycles. The molecule has 28 heavy (non-hydrogen) atoms. The number of nitrogens with one attached hydrogen (secondary N) is 1. The van der Waals surface area contributed by atoms with E-state index in [4.69, 9.17) is 9.84 Å². The van der Waals surface area contributed by atoms with Crippen molar-refractivity contribution >= 4 is 18.1 Å². The minimum atomic E-state index is -0.993. The standard InChI is InChI=1S/C22H18N2O4/c25-21(24-23-14-16-6-8-19(9-7-16)22(26)27)18-10-12-20(13-11-18)28-15-17-4-2-1-3-5-17/h1-14H,15H2,(H,24,25)(H,26,27)/b23-14+. The van der Waals surface area contributed by atoms with E-state index in [1.165, 1.54) is 18.3 Å². The Morgan fingerprint density at radius 3 is 2.18 bits per heavy atom. The summed E-state index contributed by atoms with van der Waals surface area (Å²) in [6.07, 6.45) is 1.45. The Labute approximate surface area is 162 Å². The number of benzene rings is 3. The fourth-order valence-electron chi connectivity index (χ4n) is 2.39. The molecule has 0 atom stereocenters. The van der Waals surface area contributed by atoms with Crippen molar-refractivity contribution in [3.8, 4) is 5.75 Å². The lowest BCUT2D eigenvalue weighted by atomic mass is 10.1. The maximum Gasteiger partial charge on any atom is 0.335 e. The Morgan fingerprint density at radius 1 is 0.893 bits per heavy atom. The molecule has 0 aliphatic carbocycles. The fourth-order valence-corrected chi connectivity index (χ4v) is 2.39. The van der Waals surface area contributed by atoms with Gasteiger partial charge in [-0.3, -0.25) is 4.79 Å². The molecule has 0 radical (unpaired) electrons. The highest BCUT2D eigenvalue weighted by Gasteiger charge is 2.05. The van der Waals surface area contributed by atoms with Crippen LogP contribution in [0.15, 0.2) is 84.0 Å². The number of hydrazone groups is 1. The Kier molecular flexibility index (Phi) is 6.15. The lowest BCUT2D eigenvalue weighted by Gasteiger charge is -2.07. The van der Waals surface area contributed by atoms with Gasteiger partial charge in [0.2, 0.25) is 0 Å². The first-order valence-corrected chi connectivity index (χ1v) is 8.55. The summed E-state index contributed by atoms with van der Waals surface area (Å²) >= 11 is 0. The van der Waals surface area contributed by atoms with Gasteiger partial charge in [0, 0.05) is 5.56 Å². The van der Waals surface area contributed by atoms with E-state index < -0.39 is 5.97 Å². The Bertz CT molecular complexity index is 966. The molecule has 3 aromatic rings. The normalized spacial score (nSPS) is 10.6. The Hall–Kier alpha value is -3.93. The molecule has 0 spiro atoms. The molecular weight excluding hydrogens is 356 g/mol. The van der Waals surface area contributed by atoms with Crippen molar-refractivity contribution in [3.05, 3.63) is 101 Å². The van der Waals surface area contributed by atoms with Gasteiger partial charge in [-0.2, -0.15) is 5.10 Å². The highest BCUT2D eigenvalue weighted by Crippen LogP contribution is 2.14. The van der Waals surface area contributed by atoms with E-state index in [1.807, 2.05) is 30.3 Å². The van der Waals surface area contributed by atoms with Gasteiger partial charge in [0.15, 0.2) is 0 Å². The molecule has 6 heteroatoms. The van der Waals surface area contributed by atoms with E-state index in [0.29, 0.717) is 23.5 Å². The van der Waals surface area contributed by atoms with Crippen molar-refractivity contribution in [2.75, 3.05) is 0 Å². The second-order valence-corrected chi connectivity index (χ2v) is 5.92. The molecule has 0 saturated heterocycles. The zero-order valence-corrected chi connectivity index (χ0v) is 14.9. The Balaban J connectivity index is 1.52. The zero-order valence-electron chi connectivity index (χ0n) is 14.9. The van der Waals surface area contributed by atoms with Crippen LogP contribution in [0, 0.1) is 0 Å². The van der Waals surface area contributed by atoms with Crippen LogP contribution in [0.5, 0.6) is 5.75 Å². The summed E-state index contributed by atoms with van der Waals surface area (Å²) in [7, 11) is 0. The Morgan fingerprint density at radius 2 is 1.54 bits per heavy atom. The van der Waals surface area contributed by atoms with E-state index in [9.17, 15) is 9.59 Å². The summed E-state index contributed by atoms with van der Waals surface area (Å²) in [5.74, 6) is -0.677. The van der Waals surface area contributed by atoms with Crippen LogP contribution in [0.25, 0.3) is 0 Å². The smallest absolute Gasteiger partial charge is 0.335 e. The average molecular weight is 374 g/mol. The minimum Gasteiger partial charge on any atom is -0.489 e. The molecule has 0 bridgehead atoms. The number of carbonyl (C=O) groups is 2. The molecule has 0 aliphatic heterocycles. The van der Waals surface area contributed by atoms with Crippen LogP contribution in [-0.2, 0) is 6.61 Å². The van der Waals surface area contributed by atoms with Crippen molar-refractivity contribution in [1.29, 1.82) is 0 Å². The van der Waals surface area contributed by atoms with Gasteiger partial charge in [0.25, 0.3) is 5.91 Å². The van der Waals surface area contributed by atoms with E-state index in [2.05, 4.69) is 10.5 Å². The third kappa shape index (κ3) is 5.28. The van der Waals surface area contributed by atoms with E-state index in [1.54, 1.807) is 36.4 Å². The maximum absolute atomic E-state index is 12.1. The molecule has 0 unspecified atom stereocenters. The second-order valence-electron chi connectivity index (χ2n) is 5.92. The third-order valence-corrected chi connectivity index (χ3v) is 3.90. The van der Waals surface area contributed by atoms with Crippen LogP contribution in [0.4, 0.5) is 0 Å². The quantitative estimate of drug-likeness (QED) is 0.487. The number of hydrogen-bond donors (Lipinski definition) is 2. The van der Waals surface area contributed by atoms with Crippen LogP contribution in [-0.4, -0.2) is 23.2 Å². The molecule has 0 fully saturated rings. The van der Waals surface area contributed by atoms with Crippen molar-refractivity contribution in [1.82, 2.24) is 5.43 Å². The summed E-state index contributed by atoms with van der Waals surface area (Å²) in [5, 5.41) is 12.7. The number of ether oxygens (including phenoxy) is 1. The van der Waals surface area contributed by atoms with E-state index in [0.717, 1.165) is 5.56 Å². The monoisotopic (exact) mass is 374 g/mol. The first-order chi connectivity index (χ1) is 13.6. The molecule has 0 aromatic heterocycles. The summed E-state index contributed by atoms with van der Waals surface area (Å²) in [4.78, 5) is 22.9. The number of rotatable bonds is 7. The number of amides is 1. The molecule has 3 rings (SSSR count). The van der Waals surface area contributed by atoms with Gasteiger partial charge in [-0.05, 0) is 47.5 Å². The molecular formula is C22H18N2O4. The van der Waals surface area contributed by atoms with Gasteiger partial charge in [0.05, 0.1) is 11.8 Å². The van der Waals surface area contributed by atoms with Gasteiger partial charge in [-0.15, -0.1) is 0 Å². The molecule has 6 nitrogen and oxygen atoms in total. The summed E-state index contributed by atoms with van der Waals surface area (Å²) < 4.78 is 5.69. The number of carboxylic acids is 1. The number of hydrogen-bond acceptors (Lipinski definition) is 4. The summed E-state index contributed by atoms with van der Waals surface area (Å²) in [6.45, 7) is 0.456. The van der Waals surface area contributed by atoms with Gasteiger partial charge in [0.1, 0.15) is 12.4 Å². The molecule has 1 amide bonds. The minimum absolute atomic E-state index is 0.191. The van der Waals surface area contributed by atoms with Gasteiger partial charge in [-0.25, -0.2) is 10.2 Å². The first-order valence-electron chi connectivity index (χ1n) is 8.55. The van der Waals surface area contributed by atoms with Crippen LogP contribution >= 0.6 is 0 Å². The van der Waals surface area contributed by atoms with Gasteiger partial charge >= 0.3 is 5.97 Å². The highest BCUT2D eigenvalue weighted by atomic mass is 16.5. The van der Waals surface area contributed by atoms with Gasteiger partial charge < -0.3 is 9.84 Å². The van der Waals surface area contributed by atoms with Crippen LogP contribution in [0.3, 0.4) is 0 Å². The predicted octanol–water partition coefficient (Wildman–Crippen LogP) is 3.73. The molecule has 2 N–H and O–H groups in total. The van der Waals surface area contributed by atoms with Crippen molar-refractivity contribution < 1.29 is 19.4 Å². The second kappa shape index (κ2) is 9.14. The largest absolute Gasteiger partial charge is 0.489 e. The molecule has 0 saturated carbocycles. The molecule has 0 aliphatic rings. The lowest BCUT2D eigenvalue weighted by molar-refractivity contribution is 0.0696. The average Bonchev–Trinajstić information content (AvgIpc) is 2.73. The van der Waals surface area contributed by atoms with Crippen LogP contribution in [0.1, 0.15) is 31.8 Å². The van der Waals surface area contributed by atoms with Crippen molar-refractivity contribution in [2.45, 2.75) is 6.61 Å². The lowest BCUT2D eigenvalue weighted by Crippen LogP contribution is -2.17. The topological polar surface area (TPSA) is 88.0 Å². The van der Waals surface area contributed by atoms with Crippen molar-refractivity contribution in [3.63, 3.8) is 0 Å². The van der Waals surface area contributed by atoms with Crippen LogP contribution in [0.2, 0.25) is 0 Å². The van der Waals surface area contributed by atoms with Gasteiger partial charge in [-0.1, -0.05) is 42.5 Å². The molecule has 0 heterocycles. The third-order valence-electron chi connectivity index (χ3n) is 3.90. The number of nitrogens with zero attached hydrogens (tertiary/aromatic N) is 1. The number of aromatic carboxylic acids is 1. The predicted molar refractivity (Wildman–Crippen MR) is 106 cm³/mol. The fraction of sp³-hybridized carbons (Fsp3) is 0.0455. The number of carbonyl (C=O) groups excluding carboxylic acids is 1. The van der Waals surface area contributed by atoms with Crippen molar-refractivity contribution in [2.24, 2.45) is 5.10 Å². The van der Waals surface area contributed by atoms with E-state index >= 15 is 0 Å². The summed E-state index contributed by atoms with van der Waals surface area (Å²) in [6, 6.07) is 22.8. The van der Waals surface area contributed by atoms with Crippen LogP contribution < -0.4 is 10.2 Å². The SMILES string of the molecule is O=C(O)c1ccc(/C=N/NC(=O)c2ccc(OCc3ccccc3)cc2)cc1. The number of carboxylic acid groups (broad SMARTS) is 1. The maximum atomic E-state index is 12.1. The van der Waals surface area contributed by atoms with E-state index in [-0.39, 0.29) is 11.5 Å². The summed E-state index contributed by atoms with van der Waals surface area (Å²) in [5.41, 5.74) is 4.82.